The molecule has 1 atom stereocenters. The molecule has 0 radical (unpaired) electrons. The fourth-order valence-electron chi connectivity index (χ4n) is 2.86. The third kappa shape index (κ3) is 3.02. The minimum atomic E-state index is -4.31. The van der Waals surface area contributed by atoms with Crippen LogP contribution in [-0.4, -0.2) is 21.3 Å². The summed E-state index contributed by atoms with van der Waals surface area (Å²) < 4.78 is 39.8. The SMILES string of the molecule is OCC1CCc2cnc(Cc3ccc(C(F)(F)F)cc3)n2C1. The van der Waals surface area contributed by atoms with E-state index in [2.05, 4.69) is 9.55 Å². The van der Waals surface area contributed by atoms with E-state index in [1.54, 1.807) is 0 Å². The molecule has 1 aliphatic heterocycles. The average molecular weight is 310 g/mol. The Morgan fingerprint density at radius 3 is 2.59 bits per heavy atom. The highest BCUT2D eigenvalue weighted by Crippen LogP contribution is 2.29. The lowest BCUT2D eigenvalue weighted by atomic mass is 9.99. The van der Waals surface area contributed by atoms with E-state index in [9.17, 15) is 18.3 Å². The first-order chi connectivity index (χ1) is 10.5. The topological polar surface area (TPSA) is 38.1 Å². The monoisotopic (exact) mass is 310 g/mol. The van der Waals surface area contributed by atoms with E-state index >= 15 is 0 Å². The molecule has 0 amide bonds. The van der Waals surface area contributed by atoms with Crippen molar-refractivity contribution in [2.45, 2.75) is 32.0 Å². The van der Waals surface area contributed by atoms with Crippen molar-refractivity contribution in [3.8, 4) is 0 Å². The van der Waals surface area contributed by atoms with Gasteiger partial charge in [-0.15, -0.1) is 0 Å². The molecule has 22 heavy (non-hydrogen) atoms. The Balaban J connectivity index is 1.78. The summed E-state index contributed by atoms with van der Waals surface area (Å²) in [7, 11) is 0. The highest BCUT2D eigenvalue weighted by molar-refractivity contribution is 5.27. The Labute approximate surface area is 126 Å². The van der Waals surface area contributed by atoms with Gasteiger partial charge in [-0.3, -0.25) is 0 Å². The fourth-order valence-corrected chi connectivity index (χ4v) is 2.86. The number of halogens is 3. The molecule has 6 heteroatoms. The molecule has 3 nitrogen and oxygen atoms in total. The Kier molecular flexibility index (Phi) is 3.95. The van der Waals surface area contributed by atoms with Crippen molar-refractivity contribution in [3.05, 3.63) is 53.1 Å². The molecule has 3 rings (SSSR count). The molecule has 0 saturated heterocycles. The molecule has 0 aliphatic carbocycles. The molecular weight excluding hydrogens is 293 g/mol. The summed E-state index contributed by atoms with van der Waals surface area (Å²) in [4.78, 5) is 4.39. The van der Waals surface area contributed by atoms with Gasteiger partial charge in [0.2, 0.25) is 0 Å². The summed E-state index contributed by atoms with van der Waals surface area (Å²) in [5, 5.41) is 9.30. The smallest absolute Gasteiger partial charge is 0.396 e. The van der Waals surface area contributed by atoms with Crippen molar-refractivity contribution in [1.82, 2.24) is 9.55 Å². The normalized spacial score (nSPS) is 18.3. The van der Waals surface area contributed by atoms with Crippen LogP contribution in [0.4, 0.5) is 13.2 Å². The zero-order valence-corrected chi connectivity index (χ0v) is 12.0. The van der Waals surface area contributed by atoms with Gasteiger partial charge in [0.05, 0.1) is 5.56 Å². The quantitative estimate of drug-likeness (QED) is 0.946. The summed E-state index contributed by atoms with van der Waals surface area (Å²) in [6.45, 7) is 0.874. The van der Waals surface area contributed by atoms with Gasteiger partial charge in [-0.2, -0.15) is 13.2 Å². The number of alkyl halides is 3. The maximum atomic E-state index is 12.6. The van der Waals surface area contributed by atoms with E-state index in [-0.39, 0.29) is 12.5 Å². The zero-order valence-electron chi connectivity index (χ0n) is 12.0. The number of hydrogen-bond donors (Lipinski definition) is 1. The molecule has 1 aromatic heterocycles. The van der Waals surface area contributed by atoms with Gasteiger partial charge >= 0.3 is 6.18 Å². The van der Waals surface area contributed by atoms with Gasteiger partial charge in [0.25, 0.3) is 0 Å². The van der Waals surface area contributed by atoms with Gasteiger partial charge in [-0.1, -0.05) is 12.1 Å². The molecule has 0 fully saturated rings. The number of aliphatic hydroxyl groups is 1. The highest BCUT2D eigenvalue weighted by atomic mass is 19.4. The fraction of sp³-hybridized carbons (Fsp3) is 0.438. The Morgan fingerprint density at radius 1 is 1.23 bits per heavy atom. The van der Waals surface area contributed by atoms with Crippen LogP contribution in [0.15, 0.2) is 30.5 Å². The van der Waals surface area contributed by atoms with Crippen LogP contribution in [-0.2, 0) is 25.6 Å². The number of aliphatic hydroxyl groups excluding tert-OH is 1. The van der Waals surface area contributed by atoms with Gasteiger partial charge in [0, 0.05) is 37.4 Å². The van der Waals surface area contributed by atoms with Gasteiger partial charge in [-0.05, 0) is 30.5 Å². The summed E-state index contributed by atoms with van der Waals surface area (Å²) in [5.74, 6) is 1.07. The van der Waals surface area contributed by atoms with E-state index in [4.69, 9.17) is 0 Å². The van der Waals surface area contributed by atoms with Crippen molar-refractivity contribution in [2.24, 2.45) is 5.92 Å². The number of rotatable bonds is 3. The molecule has 0 spiro atoms. The van der Waals surface area contributed by atoms with Crippen LogP contribution < -0.4 is 0 Å². The number of imidazole rings is 1. The van der Waals surface area contributed by atoms with Crippen molar-refractivity contribution in [2.75, 3.05) is 6.61 Å². The zero-order chi connectivity index (χ0) is 15.7. The van der Waals surface area contributed by atoms with Crippen LogP contribution >= 0.6 is 0 Å². The molecule has 0 saturated carbocycles. The van der Waals surface area contributed by atoms with Crippen LogP contribution in [0, 0.1) is 5.92 Å². The number of hydrogen-bond acceptors (Lipinski definition) is 2. The Hall–Kier alpha value is -1.82. The molecule has 1 aromatic carbocycles. The van der Waals surface area contributed by atoms with E-state index in [0.29, 0.717) is 6.42 Å². The molecule has 1 unspecified atom stereocenters. The maximum absolute atomic E-state index is 12.6. The van der Waals surface area contributed by atoms with Crippen molar-refractivity contribution < 1.29 is 18.3 Å². The largest absolute Gasteiger partial charge is 0.416 e. The van der Waals surface area contributed by atoms with Crippen LogP contribution in [0.5, 0.6) is 0 Å². The molecule has 2 heterocycles. The van der Waals surface area contributed by atoms with Gasteiger partial charge < -0.3 is 9.67 Å². The van der Waals surface area contributed by atoms with Gasteiger partial charge in [0.1, 0.15) is 5.82 Å². The van der Waals surface area contributed by atoms with Crippen LogP contribution in [0.2, 0.25) is 0 Å². The van der Waals surface area contributed by atoms with Crippen LogP contribution in [0.25, 0.3) is 0 Å². The third-order valence-electron chi connectivity index (χ3n) is 4.17. The van der Waals surface area contributed by atoms with Gasteiger partial charge in [-0.25, -0.2) is 4.98 Å². The van der Waals surface area contributed by atoms with E-state index in [1.165, 1.54) is 12.1 Å². The average Bonchev–Trinajstić information content (AvgIpc) is 2.89. The van der Waals surface area contributed by atoms with Crippen molar-refractivity contribution in [3.63, 3.8) is 0 Å². The Morgan fingerprint density at radius 2 is 1.95 bits per heavy atom. The molecule has 118 valence electrons. The van der Waals surface area contributed by atoms with Crippen LogP contribution in [0.1, 0.15) is 29.1 Å². The second kappa shape index (κ2) is 5.76. The van der Waals surface area contributed by atoms with E-state index in [1.807, 2.05) is 6.20 Å². The second-order valence-electron chi connectivity index (χ2n) is 5.74. The van der Waals surface area contributed by atoms with Crippen molar-refractivity contribution >= 4 is 0 Å². The number of aryl methyl sites for hydroxylation is 1. The number of benzene rings is 1. The highest BCUT2D eigenvalue weighted by Gasteiger charge is 2.30. The number of fused-ring (bicyclic) bond motifs is 1. The van der Waals surface area contributed by atoms with Crippen LogP contribution in [0.3, 0.4) is 0 Å². The second-order valence-corrected chi connectivity index (χ2v) is 5.74. The molecular formula is C16H17F3N2O. The lowest BCUT2D eigenvalue weighted by molar-refractivity contribution is -0.137. The van der Waals surface area contributed by atoms with E-state index < -0.39 is 11.7 Å². The minimum Gasteiger partial charge on any atom is -0.396 e. The summed E-state index contributed by atoms with van der Waals surface area (Å²) in [6, 6.07) is 5.20. The van der Waals surface area contributed by atoms with Gasteiger partial charge in [0.15, 0.2) is 0 Å². The lowest BCUT2D eigenvalue weighted by Gasteiger charge is -2.24. The molecule has 2 aromatic rings. The predicted molar refractivity (Wildman–Crippen MR) is 75.4 cm³/mol. The summed E-state index contributed by atoms with van der Waals surface area (Å²) in [5.41, 5.74) is 1.29. The Bertz CT molecular complexity index is 646. The number of aromatic nitrogens is 2. The van der Waals surface area contributed by atoms with Crippen molar-refractivity contribution in [1.29, 1.82) is 0 Å². The number of nitrogens with zero attached hydrogens (tertiary/aromatic N) is 2. The predicted octanol–water partition coefficient (Wildman–Crippen LogP) is 3.05. The minimum absolute atomic E-state index is 0.150. The third-order valence-corrected chi connectivity index (χ3v) is 4.17. The van der Waals surface area contributed by atoms with E-state index in [0.717, 1.165) is 48.6 Å². The standard InChI is InChI=1S/C16H17F3N2O/c17-16(18,19)13-4-1-11(2-5-13)7-15-20-8-14-6-3-12(10-22)9-21(14)15/h1-2,4-5,8,12,22H,3,6-7,9-10H2. The summed E-state index contributed by atoms with van der Waals surface area (Å²) >= 11 is 0. The first-order valence-corrected chi connectivity index (χ1v) is 7.27. The summed E-state index contributed by atoms with van der Waals surface area (Å²) in [6.07, 6.45) is -0.157. The first-order valence-electron chi connectivity index (χ1n) is 7.27. The molecule has 0 bridgehead atoms. The molecule has 1 N–H and O–H groups in total. The molecule has 1 aliphatic rings. The maximum Gasteiger partial charge on any atom is 0.416 e. The lowest BCUT2D eigenvalue weighted by Crippen LogP contribution is -2.24. The first kappa shape index (κ1) is 15.1.